The van der Waals surface area contributed by atoms with Crippen LogP contribution in [0.4, 0.5) is 4.79 Å². The van der Waals surface area contributed by atoms with Crippen molar-refractivity contribution in [3.63, 3.8) is 0 Å². The van der Waals surface area contributed by atoms with E-state index in [1.807, 2.05) is 27.7 Å². The van der Waals surface area contributed by atoms with Crippen molar-refractivity contribution in [3.05, 3.63) is 0 Å². The topological polar surface area (TPSA) is 125 Å². The van der Waals surface area contributed by atoms with Crippen molar-refractivity contribution in [2.45, 2.75) is 96.4 Å². The summed E-state index contributed by atoms with van der Waals surface area (Å²) in [5.74, 6) is -0.526. The summed E-state index contributed by atoms with van der Waals surface area (Å²) in [6.07, 6.45) is 4.52. The van der Waals surface area contributed by atoms with Gasteiger partial charge in [0.05, 0.1) is 0 Å². The normalized spacial score (nSPS) is 35.4. The lowest BCUT2D eigenvalue weighted by atomic mass is 9.85. The van der Waals surface area contributed by atoms with E-state index in [1.165, 1.54) is 11.3 Å². The van der Waals surface area contributed by atoms with Gasteiger partial charge in [-0.05, 0) is 61.7 Å². The zero-order chi connectivity index (χ0) is 24.1. The molecule has 184 valence electrons. The lowest BCUT2D eigenvalue weighted by Gasteiger charge is -2.35. The van der Waals surface area contributed by atoms with E-state index >= 15 is 0 Å². The molecule has 9 heteroatoms. The van der Waals surface area contributed by atoms with Crippen LogP contribution in [0.25, 0.3) is 0 Å². The number of nitrogens with zero attached hydrogens (tertiary/aromatic N) is 1. The van der Waals surface area contributed by atoms with Crippen LogP contribution in [0.15, 0.2) is 0 Å². The monoisotopic (exact) mass is 463 g/mol. The summed E-state index contributed by atoms with van der Waals surface area (Å²) in [7, 11) is 0. The van der Waals surface area contributed by atoms with E-state index in [-0.39, 0.29) is 17.9 Å². The highest BCUT2D eigenvalue weighted by atomic mass is 16.6. The Morgan fingerprint density at radius 2 is 1.82 bits per heavy atom. The number of likely N-dealkylation sites (tertiary alicyclic amines) is 1. The number of amides is 3. The van der Waals surface area contributed by atoms with E-state index < -0.39 is 41.0 Å². The van der Waals surface area contributed by atoms with E-state index in [9.17, 15) is 24.3 Å². The summed E-state index contributed by atoms with van der Waals surface area (Å²) < 4.78 is 5.58. The van der Waals surface area contributed by atoms with Gasteiger partial charge in [0.1, 0.15) is 23.7 Å². The lowest BCUT2D eigenvalue weighted by molar-refractivity contribution is -0.146. The number of rotatable bonds is 7. The molecule has 33 heavy (non-hydrogen) atoms. The third-order valence-corrected chi connectivity index (χ3v) is 8.01. The second kappa shape index (κ2) is 8.47. The predicted octanol–water partition coefficient (Wildman–Crippen LogP) is 2.29. The highest BCUT2D eigenvalue weighted by molar-refractivity contribution is 5.96. The molecular formula is C24H37N3O6. The van der Waals surface area contributed by atoms with Crippen LogP contribution in [0.2, 0.25) is 0 Å². The Kier molecular flexibility index (Phi) is 6.12. The first-order valence-electron chi connectivity index (χ1n) is 12.3. The number of carboxylic acids is 1. The molecule has 1 aliphatic heterocycles. The Labute approximate surface area is 195 Å². The van der Waals surface area contributed by atoms with Crippen molar-refractivity contribution >= 4 is 23.9 Å². The molecule has 7 atom stereocenters. The molecule has 3 saturated carbocycles. The van der Waals surface area contributed by atoms with Gasteiger partial charge >= 0.3 is 12.1 Å². The molecule has 4 rings (SSSR count). The molecule has 0 aromatic carbocycles. The molecule has 1 saturated heterocycles. The number of aliphatic carboxylic acids is 1. The number of nitrogens with one attached hydrogen (secondary N) is 2. The quantitative estimate of drug-likeness (QED) is 0.532. The minimum Gasteiger partial charge on any atom is -0.479 e. The number of ether oxygens (including phenoxy) is 1. The van der Waals surface area contributed by atoms with Gasteiger partial charge in [0.2, 0.25) is 11.8 Å². The zero-order valence-corrected chi connectivity index (χ0v) is 20.1. The Morgan fingerprint density at radius 1 is 1.15 bits per heavy atom. The van der Waals surface area contributed by atoms with Crippen LogP contribution in [0.3, 0.4) is 0 Å². The van der Waals surface area contributed by atoms with Crippen molar-refractivity contribution in [1.29, 1.82) is 0 Å². The van der Waals surface area contributed by atoms with Crippen molar-refractivity contribution in [3.8, 4) is 0 Å². The van der Waals surface area contributed by atoms with Crippen LogP contribution in [-0.2, 0) is 19.1 Å². The SMILES string of the molecule is CCC1C[C@]1(NC(=O)[C@@H]1CCCN1C(=O)[C@@H](NC(=O)OC1C[C@@H]2C[C@@H]2C1)C(C)(C)C)C(=O)O. The molecule has 0 radical (unpaired) electrons. The molecule has 0 spiro atoms. The van der Waals surface area contributed by atoms with Gasteiger partial charge in [-0.3, -0.25) is 9.59 Å². The molecular weight excluding hydrogens is 426 g/mol. The van der Waals surface area contributed by atoms with Crippen LogP contribution < -0.4 is 10.6 Å². The van der Waals surface area contributed by atoms with Gasteiger partial charge < -0.3 is 25.4 Å². The van der Waals surface area contributed by atoms with Crippen LogP contribution in [0.1, 0.15) is 72.6 Å². The number of hydrogen-bond acceptors (Lipinski definition) is 5. The highest BCUT2D eigenvalue weighted by Crippen LogP contribution is 2.52. The number of fused-ring (bicyclic) bond motifs is 1. The Balaban J connectivity index is 1.41. The summed E-state index contributed by atoms with van der Waals surface area (Å²) in [6, 6.07) is -1.59. The standard InChI is InChI=1S/C24H37N3O6/c1-5-15-12-24(15,21(30)31)26-19(28)17-7-6-8-27(17)20(29)18(23(2,3)4)25-22(32)33-16-10-13-9-14(13)11-16/h13-18H,5-12H2,1-4H3,(H,25,32)(H,26,28)(H,30,31)/t13-,14+,15?,16?,17-,18+,24+/m0/s1. The average Bonchev–Trinajstić information content (AvgIpc) is 3.50. The van der Waals surface area contributed by atoms with Gasteiger partial charge in [0, 0.05) is 6.54 Å². The summed E-state index contributed by atoms with van der Waals surface area (Å²) in [5, 5.41) is 15.1. The molecule has 0 aromatic rings. The second-order valence-corrected chi connectivity index (χ2v) is 11.5. The highest BCUT2D eigenvalue weighted by Gasteiger charge is 2.61. The number of hydrogen-bond donors (Lipinski definition) is 3. The van der Waals surface area contributed by atoms with Crippen molar-refractivity contribution in [2.75, 3.05) is 6.54 Å². The largest absolute Gasteiger partial charge is 0.479 e. The molecule has 3 aliphatic carbocycles. The van der Waals surface area contributed by atoms with Crippen molar-refractivity contribution in [1.82, 2.24) is 15.5 Å². The zero-order valence-electron chi connectivity index (χ0n) is 20.1. The fourth-order valence-corrected chi connectivity index (χ4v) is 5.77. The minimum absolute atomic E-state index is 0.0907. The van der Waals surface area contributed by atoms with Crippen LogP contribution >= 0.6 is 0 Å². The molecule has 0 bridgehead atoms. The van der Waals surface area contributed by atoms with Crippen molar-refractivity contribution in [2.24, 2.45) is 23.2 Å². The predicted molar refractivity (Wildman–Crippen MR) is 119 cm³/mol. The van der Waals surface area contributed by atoms with Gasteiger partial charge in [0.25, 0.3) is 0 Å². The van der Waals surface area contributed by atoms with Gasteiger partial charge in [-0.15, -0.1) is 0 Å². The summed E-state index contributed by atoms with van der Waals surface area (Å²) >= 11 is 0. The first-order valence-corrected chi connectivity index (χ1v) is 12.3. The van der Waals surface area contributed by atoms with Gasteiger partial charge in [-0.1, -0.05) is 34.1 Å². The molecule has 1 heterocycles. The number of carbonyl (C=O) groups excluding carboxylic acids is 3. The first kappa shape index (κ1) is 23.8. The Morgan fingerprint density at radius 3 is 2.36 bits per heavy atom. The van der Waals surface area contributed by atoms with E-state index in [2.05, 4.69) is 10.6 Å². The first-order chi connectivity index (χ1) is 15.5. The van der Waals surface area contributed by atoms with E-state index in [0.29, 0.717) is 44.1 Å². The van der Waals surface area contributed by atoms with Crippen LogP contribution in [-0.4, -0.2) is 64.2 Å². The van der Waals surface area contributed by atoms with Crippen molar-refractivity contribution < 1.29 is 29.0 Å². The average molecular weight is 464 g/mol. The summed E-state index contributed by atoms with van der Waals surface area (Å²) in [5.41, 5.74) is -1.82. The fraction of sp³-hybridized carbons (Fsp3) is 0.833. The molecule has 2 unspecified atom stereocenters. The lowest BCUT2D eigenvalue weighted by Crippen LogP contribution is -2.59. The number of alkyl carbamates (subject to hydrolysis) is 1. The van der Waals surface area contributed by atoms with E-state index in [0.717, 1.165) is 12.8 Å². The fourth-order valence-electron chi connectivity index (χ4n) is 5.77. The van der Waals surface area contributed by atoms with Crippen LogP contribution in [0, 0.1) is 23.2 Å². The molecule has 4 fully saturated rings. The molecule has 4 aliphatic rings. The molecule has 3 N–H and O–H groups in total. The Hall–Kier alpha value is -2.32. The summed E-state index contributed by atoms with van der Waals surface area (Å²) in [6.45, 7) is 7.88. The molecule has 9 nitrogen and oxygen atoms in total. The molecule has 0 aromatic heterocycles. The maximum Gasteiger partial charge on any atom is 0.408 e. The maximum absolute atomic E-state index is 13.5. The van der Waals surface area contributed by atoms with Crippen LogP contribution in [0.5, 0.6) is 0 Å². The number of carbonyl (C=O) groups is 4. The maximum atomic E-state index is 13.5. The minimum atomic E-state index is -1.23. The smallest absolute Gasteiger partial charge is 0.408 e. The summed E-state index contributed by atoms with van der Waals surface area (Å²) in [4.78, 5) is 52.5. The van der Waals surface area contributed by atoms with Gasteiger partial charge in [-0.2, -0.15) is 0 Å². The van der Waals surface area contributed by atoms with E-state index in [4.69, 9.17) is 4.74 Å². The Bertz CT molecular complexity index is 829. The van der Waals surface area contributed by atoms with E-state index in [1.54, 1.807) is 0 Å². The molecule has 3 amide bonds. The number of carboxylic acid groups (broad SMARTS) is 1. The third-order valence-electron chi connectivity index (χ3n) is 8.01. The van der Waals surface area contributed by atoms with Gasteiger partial charge in [-0.25, -0.2) is 9.59 Å². The third kappa shape index (κ3) is 4.68. The van der Waals surface area contributed by atoms with Gasteiger partial charge in [0.15, 0.2) is 0 Å². The second-order valence-electron chi connectivity index (χ2n) is 11.5.